The molecule has 3 unspecified atom stereocenters. The molecule has 4 N–H and O–H groups in total. The van der Waals surface area contributed by atoms with E-state index in [1.54, 1.807) is 0 Å². The van der Waals surface area contributed by atoms with Crippen molar-refractivity contribution < 1.29 is 28.0 Å². The number of aliphatic hydroxyl groups excluding tert-OH is 2. The molecule has 0 aliphatic rings. The molecule has 1 amide bonds. The first-order chi connectivity index (χ1) is 19.7. The van der Waals surface area contributed by atoms with Gasteiger partial charge in [-0.05, 0) is 38.5 Å². The van der Waals surface area contributed by atoms with Gasteiger partial charge in [0.1, 0.15) is 6.10 Å². The molecular weight excluding hydrogens is 538 g/mol. The van der Waals surface area contributed by atoms with Crippen molar-refractivity contribution in [1.82, 2.24) is 5.32 Å². The third-order valence-corrected chi connectivity index (χ3v) is 8.61. The fraction of sp³-hybridized carbons (Fsp3) is 0.909. The Morgan fingerprint density at radius 3 is 1.46 bits per heavy atom. The summed E-state index contributed by atoms with van der Waals surface area (Å²) in [5, 5.41) is 23.2. The molecule has 0 aliphatic carbocycles. The lowest BCUT2D eigenvalue weighted by Crippen LogP contribution is -2.50. The van der Waals surface area contributed by atoms with E-state index in [2.05, 4.69) is 31.3 Å². The maximum Gasteiger partial charge on any atom is 0.266 e. The van der Waals surface area contributed by atoms with Gasteiger partial charge in [-0.2, -0.15) is 8.42 Å². The zero-order valence-corrected chi connectivity index (χ0v) is 27.4. The van der Waals surface area contributed by atoms with Gasteiger partial charge in [0.15, 0.2) is 0 Å². The predicted molar refractivity (Wildman–Crippen MR) is 172 cm³/mol. The molecule has 0 spiro atoms. The van der Waals surface area contributed by atoms with Crippen LogP contribution >= 0.6 is 0 Å². The smallest absolute Gasteiger partial charge is 0.266 e. The van der Waals surface area contributed by atoms with E-state index in [1.807, 2.05) is 0 Å². The molecule has 0 aromatic heterocycles. The van der Waals surface area contributed by atoms with Gasteiger partial charge in [-0.25, -0.2) is 0 Å². The van der Waals surface area contributed by atoms with Crippen LogP contribution in [0.1, 0.15) is 168 Å². The predicted octanol–water partition coefficient (Wildman–Crippen LogP) is 8.04. The number of carbonyl (C=O) groups is 1. The molecule has 0 saturated heterocycles. The fourth-order valence-electron chi connectivity index (χ4n) is 5.16. The summed E-state index contributed by atoms with van der Waals surface area (Å²) in [6.07, 6.45) is 28.3. The Morgan fingerprint density at radius 1 is 0.634 bits per heavy atom. The summed E-state index contributed by atoms with van der Waals surface area (Å²) in [6.45, 7) is 4.42. The number of allylic oxidation sites excluding steroid dienone is 2. The Hall–Kier alpha value is -0.960. The zero-order chi connectivity index (χ0) is 30.6. The number of rotatable bonds is 30. The first-order valence-corrected chi connectivity index (χ1v) is 18.6. The monoisotopic (exact) mass is 603 g/mol. The second kappa shape index (κ2) is 27.8. The van der Waals surface area contributed by atoms with Crippen LogP contribution in [-0.2, 0) is 14.9 Å². The molecule has 0 rings (SSSR count). The lowest BCUT2D eigenvalue weighted by atomic mass is 10.0. The van der Waals surface area contributed by atoms with Crippen LogP contribution < -0.4 is 5.32 Å². The van der Waals surface area contributed by atoms with E-state index in [0.29, 0.717) is 19.3 Å². The Labute approximate surface area is 253 Å². The van der Waals surface area contributed by atoms with Gasteiger partial charge in [-0.1, -0.05) is 142 Å². The molecule has 8 heteroatoms. The third-order valence-electron chi connectivity index (χ3n) is 7.83. The molecule has 0 bridgehead atoms. The van der Waals surface area contributed by atoms with Crippen LogP contribution in [-0.4, -0.2) is 53.1 Å². The van der Waals surface area contributed by atoms with Crippen LogP contribution in [0.3, 0.4) is 0 Å². The zero-order valence-electron chi connectivity index (χ0n) is 26.5. The SMILES string of the molecule is CCCCCCCCCCC/C=C\CCCCCCC(O)C(=O)NC(CS(=O)(=O)O)C(O)CCCCCCCCC. The number of nitrogens with one attached hydrogen (secondary N) is 1. The van der Waals surface area contributed by atoms with E-state index < -0.39 is 40.0 Å². The van der Waals surface area contributed by atoms with Crippen molar-refractivity contribution in [2.24, 2.45) is 0 Å². The number of carbonyl (C=O) groups excluding carboxylic acids is 1. The summed E-state index contributed by atoms with van der Waals surface area (Å²) in [6, 6.07) is -1.14. The number of unbranched alkanes of at least 4 members (excludes halogenated alkanes) is 19. The largest absolute Gasteiger partial charge is 0.391 e. The molecular formula is C33H65NO6S. The lowest BCUT2D eigenvalue weighted by molar-refractivity contribution is -0.131. The van der Waals surface area contributed by atoms with Gasteiger partial charge < -0.3 is 15.5 Å². The summed E-state index contributed by atoms with van der Waals surface area (Å²) < 4.78 is 32.2. The van der Waals surface area contributed by atoms with Crippen LogP contribution in [0.5, 0.6) is 0 Å². The van der Waals surface area contributed by atoms with E-state index in [0.717, 1.165) is 51.4 Å². The second-order valence-corrected chi connectivity index (χ2v) is 13.4. The summed E-state index contributed by atoms with van der Waals surface area (Å²) in [4.78, 5) is 12.5. The average Bonchev–Trinajstić information content (AvgIpc) is 2.92. The topological polar surface area (TPSA) is 124 Å². The van der Waals surface area contributed by atoms with Gasteiger partial charge in [0.2, 0.25) is 5.91 Å². The van der Waals surface area contributed by atoms with Crippen LogP contribution in [0.25, 0.3) is 0 Å². The van der Waals surface area contributed by atoms with Crippen molar-refractivity contribution in [3.63, 3.8) is 0 Å². The molecule has 0 heterocycles. The fourth-order valence-corrected chi connectivity index (χ4v) is 5.92. The van der Waals surface area contributed by atoms with Crippen LogP contribution in [0, 0.1) is 0 Å². The van der Waals surface area contributed by atoms with E-state index in [9.17, 15) is 28.0 Å². The number of hydrogen-bond donors (Lipinski definition) is 4. The summed E-state index contributed by atoms with van der Waals surface area (Å²) >= 11 is 0. The van der Waals surface area contributed by atoms with Gasteiger partial charge in [-0.15, -0.1) is 0 Å². The van der Waals surface area contributed by atoms with Crippen molar-refractivity contribution in [2.75, 3.05) is 5.75 Å². The summed E-state index contributed by atoms with van der Waals surface area (Å²) in [5.74, 6) is -1.47. The molecule has 0 fully saturated rings. The minimum atomic E-state index is -4.39. The lowest BCUT2D eigenvalue weighted by Gasteiger charge is -2.24. The van der Waals surface area contributed by atoms with Gasteiger partial charge >= 0.3 is 0 Å². The normalized spacial score (nSPS) is 14.4. The standard InChI is InChI=1S/C33H65NO6S/c1-3-5-7-9-11-12-13-14-15-16-17-18-19-20-22-24-26-28-32(36)33(37)34-30(29-41(38,39)40)31(35)27-25-23-21-10-8-6-4-2/h17-18,30-32,35-36H,3-16,19-29H2,1-2H3,(H,34,37)(H,38,39,40)/b18-17-. The molecule has 0 radical (unpaired) electrons. The van der Waals surface area contributed by atoms with Crippen molar-refractivity contribution >= 4 is 16.0 Å². The highest BCUT2D eigenvalue weighted by atomic mass is 32.2. The van der Waals surface area contributed by atoms with Crippen molar-refractivity contribution in [3.05, 3.63) is 12.2 Å². The molecule has 3 atom stereocenters. The van der Waals surface area contributed by atoms with Gasteiger partial charge in [0, 0.05) is 0 Å². The van der Waals surface area contributed by atoms with Crippen molar-refractivity contribution in [1.29, 1.82) is 0 Å². The maximum absolute atomic E-state index is 12.5. The van der Waals surface area contributed by atoms with E-state index in [-0.39, 0.29) is 6.42 Å². The molecule has 0 aromatic carbocycles. The third kappa shape index (κ3) is 27.6. The quantitative estimate of drug-likeness (QED) is 0.0374. The minimum Gasteiger partial charge on any atom is -0.391 e. The Bertz CT molecular complexity index is 727. The highest BCUT2D eigenvalue weighted by molar-refractivity contribution is 7.85. The maximum atomic E-state index is 12.5. The molecule has 0 aromatic rings. The highest BCUT2D eigenvalue weighted by Crippen LogP contribution is 2.14. The van der Waals surface area contributed by atoms with Crippen LogP contribution in [0.4, 0.5) is 0 Å². The summed E-state index contributed by atoms with van der Waals surface area (Å²) in [5.41, 5.74) is 0. The molecule has 0 saturated carbocycles. The number of aliphatic hydroxyl groups is 2. The first kappa shape index (κ1) is 40.0. The Balaban J connectivity index is 4.01. The molecule has 7 nitrogen and oxygen atoms in total. The Morgan fingerprint density at radius 2 is 1.02 bits per heavy atom. The van der Waals surface area contributed by atoms with E-state index >= 15 is 0 Å². The second-order valence-electron chi connectivity index (χ2n) is 11.9. The van der Waals surface area contributed by atoms with Crippen LogP contribution in [0.2, 0.25) is 0 Å². The van der Waals surface area contributed by atoms with Crippen LogP contribution in [0.15, 0.2) is 12.2 Å². The molecule has 41 heavy (non-hydrogen) atoms. The van der Waals surface area contributed by atoms with Gasteiger partial charge in [-0.3, -0.25) is 9.35 Å². The highest BCUT2D eigenvalue weighted by Gasteiger charge is 2.28. The summed E-state index contributed by atoms with van der Waals surface area (Å²) in [7, 11) is -4.39. The molecule has 244 valence electrons. The first-order valence-electron chi connectivity index (χ1n) is 17.0. The minimum absolute atomic E-state index is 0.284. The van der Waals surface area contributed by atoms with Gasteiger partial charge in [0.05, 0.1) is 17.9 Å². The number of hydrogen-bond acceptors (Lipinski definition) is 5. The van der Waals surface area contributed by atoms with E-state index in [1.165, 1.54) is 77.0 Å². The van der Waals surface area contributed by atoms with Crippen molar-refractivity contribution in [3.8, 4) is 0 Å². The van der Waals surface area contributed by atoms with Crippen molar-refractivity contribution in [2.45, 2.75) is 186 Å². The Kier molecular flexibility index (Phi) is 27.2. The van der Waals surface area contributed by atoms with E-state index in [4.69, 9.17) is 0 Å². The molecule has 0 aliphatic heterocycles. The average molecular weight is 604 g/mol. The number of amides is 1. The van der Waals surface area contributed by atoms with Gasteiger partial charge in [0.25, 0.3) is 10.1 Å².